The zero-order chi connectivity index (χ0) is 14.3. The molecule has 94 valence electrons. The summed E-state index contributed by atoms with van der Waals surface area (Å²) in [5, 5.41) is 22.5. The largest absolute Gasteiger partial charge is 0.192 e. The lowest BCUT2D eigenvalue weighted by molar-refractivity contribution is 1.37. The molecule has 0 spiro atoms. The first-order chi connectivity index (χ1) is 9.62. The summed E-state index contributed by atoms with van der Waals surface area (Å²) in [6, 6.07) is 16.2. The molecule has 0 aliphatic carbocycles. The molecule has 2 nitrogen and oxygen atoms in total. The fraction of sp³-hybridized carbons (Fsp3) is 0.111. The molecule has 0 saturated heterocycles. The number of hydrogen-bond donors (Lipinski definition) is 0. The topological polar surface area (TPSA) is 47.6 Å². The minimum atomic E-state index is 0.434. The van der Waals surface area contributed by atoms with Crippen LogP contribution in [0.1, 0.15) is 22.3 Å². The Bertz CT molecular complexity index is 860. The summed E-state index contributed by atoms with van der Waals surface area (Å²) in [6.45, 7) is 4.19. The van der Waals surface area contributed by atoms with Crippen LogP contribution in [0.25, 0.3) is 21.5 Å². The SMILES string of the molecule is Cc1cc2cc3cc(C#N)c(C#N)cc3cc2cc1C. The van der Waals surface area contributed by atoms with Crippen LogP contribution in [0.2, 0.25) is 0 Å². The van der Waals surface area contributed by atoms with Gasteiger partial charge in [-0.1, -0.05) is 12.1 Å². The van der Waals surface area contributed by atoms with Crippen molar-refractivity contribution in [2.24, 2.45) is 0 Å². The molecule has 3 aromatic rings. The summed E-state index contributed by atoms with van der Waals surface area (Å²) in [4.78, 5) is 0. The van der Waals surface area contributed by atoms with Gasteiger partial charge in [-0.05, 0) is 70.8 Å². The highest BCUT2D eigenvalue weighted by Crippen LogP contribution is 2.27. The third-order valence-electron chi connectivity index (χ3n) is 3.79. The summed E-state index contributed by atoms with van der Waals surface area (Å²) in [6.07, 6.45) is 0. The van der Waals surface area contributed by atoms with E-state index >= 15 is 0 Å². The van der Waals surface area contributed by atoms with Gasteiger partial charge in [0, 0.05) is 0 Å². The Morgan fingerprint density at radius 3 is 1.30 bits per heavy atom. The van der Waals surface area contributed by atoms with Crippen LogP contribution in [-0.2, 0) is 0 Å². The second-order valence-electron chi connectivity index (χ2n) is 5.10. The van der Waals surface area contributed by atoms with Crippen molar-refractivity contribution in [2.45, 2.75) is 13.8 Å². The summed E-state index contributed by atoms with van der Waals surface area (Å²) in [7, 11) is 0. The van der Waals surface area contributed by atoms with Gasteiger partial charge in [0.25, 0.3) is 0 Å². The van der Waals surface area contributed by atoms with Crippen molar-refractivity contribution in [3.8, 4) is 12.1 Å². The molecule has 3 rings (SSSR count). The average Bonchev–Trinajstić information content (AvgIpc) is 2.45. The van der Waals surface area contributed by atoms with Crippen molar-refractivity contribution in [3.05, 3.63) is 58.7 Å². The molecule has 0 saturated carbocycles. The molecule has 0 aliphatic heterocycles. The molecule has 0 radical (unpaired) electrons. The van der Waals surface area contributed by atoms with Gasteiger partial charge < -0.3 is 0 Å². The second-order valence-corrected chi connectivity index (χ2v) is 5.10. The van der Waals surface area contributed by atoms with Crippen LogP contribution in [0.5, 0.6) is 0 Å². The van der Waals surface area contributed by atoms with E-state index < -0.39 is 0 Å². The Kier molecular flexibility index (Phi) is 2.67. The van der Waals surface area contributed by atoms with E-state index in [2.05, 4.69) is 50.3 Å². The van der Waals surface area contributed by atoms with Crippen LogP contribution in [0.15, 0.2) is 36.4 Å². The predicted molar refractivity (Wildman–Crippen MR) is 80.4 cm³/mol. The molecular formula is C18H12N2. The zero-order valence-electron chi connectivity index (χ0n) is 11.4. The van der Waals surface area contributed by atoms with Crippen LogP contribution in [0, 0.1) is 36.5 Å². The number of aryl methyl sites for hydroxylation is 2. The maximum absolute atomic E-state index is 9.10. The highest BCUT2D eigenvalue weighted by Gasteiger charge is 2.06. The van der Waals surface area contributed by atoms with Crippen LogP contribution in [-0.4, -0.2) is 0 Å². The smallest absolute Gasteiger partial charge is 0.101 e. The zero-order valence-corrected chi connectivity index (χ0v) is 11.4. The van der Waals surface area contributed by atoms with Gasteiger partial charge >= 0.3 is 0 Å². The molecule has 0 N–H and O–H groups in total. The predicted octanol–water partition coefficient (Wildman–Crippen LogP) is 4.35. The molecular weight excluding hydrogens is 244 g/mol. The van der Waals surface area contributed by atoms with Crippen molar-refractivity contribution < 1.29 is 0 Å². The van der Waals surface area contributed by atoms with Crippen molar-refractivity contribution >= 4 is 21.5 Å². The van der Waals surface area contributed by atoms with E-state index in [-0.39, 0.29) is 0 Å². The third-order valence-corrected chi connectivity index (χ3v) is 3.79. The van der Waals surface area contributed by atoms with Crippen molar-refractivity contribution in [3.63, 3.8) is 0 Å². The number of fused-ring (bicyclic) bond motifs is 2. The summed E-state index contributed by atoms with van der Waals surface area (Å²) in [5.41, 5.74) is 3.38. The van der Waals surface area contributed by atoms with Gasteiger partial charge in [-0.2, -0.15) is 10.5 Å². The van der Waals surface area contributed by atoms with E-state index in [1.165, 1.54) is 11.1 Å². The maximum atomic E-state index is 9.10. The normalized spacial score (nSPS) is 10.4. The Hall–Kier alpha value is -2.84. The third kappa shape index (κ3) is 1.79. The number of hydrogen-bond acceptors (Lipinski definition) is 2. The quantitative estimate of drug-likeness (QED) is 0.561. The molecule has 2 heteroatoms. The lowest BCUT2D eigenvalue weighted by atomic mass is 9.96. The van der Waals surface area contributed by atoms with E-state index in [4.69, 9.17) is 10.5 Å². The molecule has 0 atom stereocenters. The van der Waals surface area contributed by atoms with Crippen molar-refractivity contribution in [1.82, 2.24) is 0 Å². The lowest BCUT2D eigenvalue weighted by Crippen LogP contribution is -1.87. The molecule has 0 aliphatic rings. The Morgan fingerprint density at radius 2 is 0.950 bits per heavy atom. The van der Waals surface area contributed by atoms with Gasteiger partial charge in [0.1, 0.15) is 12.1 Å². The lowest BCUT2D eigenvalue weighted by Gasteiger charge is -2.07. The Balaban J connectivity index is 2.43. The van der Waals surface area contributed by atoms with E-state index in [0.717, 1.165) is 21.5 Å². The van der Waals surface area contributed by atoms with E-state index in [0.29, 0.717) is 11.1 Å². The molecule has 3 aromatic carbocycles. The molecule has 20 heavy (non-hydrogen) atoms. The van der Waals surface area contributed by atoms with E-state index in [1.54, 1.807) is 12.1 Å². The average molecular weight is 256 g/mol. The minimum absolute atomic E-state index is 0.434. The van der Waals surface area contributed by atoms with Gasteiger partial charge in [0.15, 0.2) is 0 Å². The first-order valence-corrected chi connectivity index (χ1v) is 6.41. The molecule has 0 unspecified atom stereocenters. The molecule has 0 aromatic heterocycles. The van der Waals surface area contributed by atoms with Crippen LogP contribution < -0.4 is 0 Å². The number of benzene rings is 3. The highest BCUT2D eigenvalue weighted by atomic mass is 14.3. The Morgan fingerprint density at radius 1 is 0.600 bits per heavy atom. The van der Waals surface area contributed by atoms with E-state index in [9.17, 15) is 0 Å². The minimum Gasteiger partial charge on any atom is -0.192 e. The van der Waals surface area contributed by atoms with Gasteiger partial charge in [-0.25, -0.2) is 0 Å². The standard InChI is InChI=1S/C18H12N2/c1-11-3-13-5-15-7-17(9-19)18(10-20)8-16(15)6-14(13)4-12(11)2/h3-8H,1-2H3. The summed E-state index contributed by atoms with van der Waals surface area (Å²) in [5.74, 6) is 0. The molecule has 0 heterocycles. The molecule has 0 fully saturated rings. The first kappa shape index (κ1) is 12.2. The summed E-state index contributed by atoms with van der Waals surface area (Å²) < 4.78 is 0. The monoisotopic (exact) mass is 256 g/mol. The van der Waals surface area contributed by atoms with Crippen LogP contribution in [0.3, 0.4) is 0 Å². The van der Waals surface area contributed by atoms with Crippen LogP contribution in [0.4, 0.5) is 0 Å². The van der Waals surface area contributed by atoms with Gasteiger partial charge in [0.2, 0.25) is 0 Å². The second kappa shape index (κ2) is 4.37. The first-order valence-electron chi connectivity index (χ1n) is 6.41. The fourth-order valence-electron chi connectivity index (χ4n) is 2.51. The van der Waals surface area contributed by atoms with Crippen molar-refractivity contribution in [1.29, 1.82) is 10.5 Å². The fourth-order valence-corrected chi connectivity index (χ4v) is 2.51. The van der Waals surface area contributed by atoms with Crippen molar-refractivity contribution in [2.75, 3.05) is 0 Å². The number of rotatable bonds is 0. The Labute approximate surface area is 117 Å². The number of nitriles is 2. The maximum Gasteiger partial charge on any atom is 0.101 e. The highest BCUT2D eigenvalue weighted by molar-refractivity contribution is 5.99. The van der Waals surface area contributed by atoms with Gasteiger partial charge in [0.05, 0.1) is 11.1 Å². The van der Waals surface area contributed by atoms with Gasteiger partial charge in [-0.15, -0.1) is 0 Å². The summed E-state index contributed by atoms with van der Waals surface area (Å²) >= 11 is 0. The molecule has 0 amide bonds. The van der Waals surface area contributed by atoms with E-state index in [1.807, 2.05) is 0 Å². The van der Waals surface area contributed by atoms with Gasteiger partial charge in [-0.3, -0.25) is 0 Å². The van der Waals surface area contributed by atoms with Crippen LogP contribution >= 0.6 is 0 Å². The molecule has 0 bridgehead atoms. The number of nitrogens with zero attached hydrogens (tertiary/aromatic N) is 2.